The van der Waals surface area contributed by atoms with E-state index in [1.807, 2.05) is 35.8 Å². The molecule has 0 aliphatic carbocycles. The first kappa shape index (κ1) is 18.7. The summed E-state index contributed by atoms with van der Waals surface area (Å²) >= 11 is 0. The quantitative estimate of drug-likeness (QED) is 0.801. The zero-order valence-corrected chi connectivity index (χ0v) is 16.0. The molecule has 2 amide bonds. The maximum absolute atomic E-state index is 12.8. The molecule has 0 unspecified atom stereocenters. The zero-order valence-electron chi connectivity index (χ0n) is 16.0. The van der Waals surface area contributed by atoms with Crippen LogP contribution in [0.5, 0.6) is 5.75 Å². The third-order valence-corrected chi connectivity index (χ3v) is 5.38. The molecule has 0 radical (unpaired) electrons. The molecular formula is C20H29N3O3. The number of carbonyl (C=O) groups is 2. The molecule has 0 spiro atoms. The Kier molecular flexibility index (Phi) is 5.81. The second-order valence-electron chi connectivity index (χ2n) is 7.49. The van der Waals surface area contributed by atoms with E-state index in [-0.39, 0.29) is 23.8 Å². The van der Waals surface area contributed by atoms with Crippen LogP contribution in [0.25, 0.3) is 0 Å². The fourth-order valence-electron chi connectivity index (χ4n) is 3.77. The Bertz CT molecular complexity index is 636. The number of benzene rings is 1. The summed E-state index contributed by atoms with van der Waals surface area (Å²) in [7, 11) is 1.67. The first-order valence-corrected chi connectivity index (χ1v) is 9.41. The number of carbonyl (C=O) groups excluding carboxylic acids is 2. The van der Waals surface area contributed by atoms with Crippen LogP contribution in [-0.4, -0.2) is 72.4 Å². The summed E-state index contributed by atoms with van der Waals surface area (Å²) in [5, 5.41) is 0. The number of ether oxygens (including phenoxy) is 1. The van der Waals surface area contributed by atoms with Gasteiger partial charge in [-0.05, 0) is 31.5 Å². The van der Waals surface area contributed by atoms with Gasteiger partial charge >= 0.3 is 0 Å². The smallest absolute Gasteiger partial charge is 0.228 e. The standard InChI is InChI=1S/C20H29N3O3/c1-15(2)23-14-17(12-19(23)24)20(25)22-10-8-21(9-11-22)13-16-4-6-18(26-3)7-5-16/h4-7,15,17H,8-14H2,1-3H3/t17-/m0/s1. The monoisotopic (exact) mass is 359 g/mol. The van der Waals surface area contributed by atoms with Gasteiger partial charge in [0, 0.05) is 51.7 Å². The van der Waals surface area contributed by atoms with Crippen LogP contribution in [0.15, 0.2) is 24.3 Å². The van der Waals surface area contributed by atoms with E-state index in [1.54, 1.807) is 7.11 Å². The molecule has 1 atom stereocenters. The van der Waals surface area contributed by atoms with E-state index in [1.165, 1.54) is 5.56 Å². The summed E-state index contributed by atoms with van der Waals surface area (Å²) in [5.41, 5.74) is 1.25. The van der Waals surface area contributed by atoms with Gasteiger partial charge in [-0.15, -0.1) is 0 Å². The number of likely N-dealkylation sites (tertiary alicyclic amines) is 1. The molecule has 2 aliphatic rings. The summed E-state index contributed by atoms with van der Waals surface area (Å²) < 4.78 is 5.19. The second kappa shape index (κ2) is 8.08. The molecule has 0 N–H and O–H groups in total. The predicted molar refractivity (Wildman–Crippen MR) is 99.8 cm³/mol. The van der Waals surface area contributed by atoms with Crippen LogP contribution in [0.3, 0.4) is 0 Å². The van der Waals surface area contributed by atoms with E-state index < -0.39 is 0 Å². The molecule has 6 nitrogen and oxygen atoms in total. The van der Waals surface area contributed by atoms with E-state index in [0.717, 1.165) is 38.5 Å². The summed E-state index contributed by atoms with van der Waals surface area (Å²) in [6.07, 6.45) is 0.364. The van der Waals surface area contributed by atoms with Gasteiger partial charge in [0.05, 0.1) is 13.0 Å². The Morgan fingerprint density at radius 2 is 1.81 bits per heavy atom. The Labute approximate surface area is 155 Å². The maximum Gasteiger partial charge on any atom is 0.228 e. The number of methoxy groups -OCH3 is 1. The summed E-state index contributed by atoms with van der Waals surface area (Å²) in [6, 6.07) is 8.29. The highest BCUT2D eigenvalue weighted by Crippen LogP contribution is 2.23. The maximum atomic E-state index is 12.8. The van der Waals surface area contributed by atoms with Crippen molar-refractivity contribution in [2.45, 2.75) is 32.9 Å². The molecule has 6 heteroatoms. The van der Waals surface area contributed by atoms with Gasteiger partial charge in [-0.3, -0.25) is 14.5 Å². The molecule has 2 heterocycles. The summed E-state index contributed by atoms with van der Waals surface area (Å²) in [5.74, 6) is 0.950. The summed E-state index contributed by atoms with van der Waals surface area (Å²) in [4.78, 5) is 30.9. The Hall–Kier alpha value is -2.08. The Morgan fingerprint density at radius 3 is 2.35 bits per heavy atom. The van der Waals surface area contributed by atoms with E-state index >= 15 is 0 Å². The van der Waals surface area contributed by atoms with Crippen molar-refractivity contribution in [2.24, 2.45) is 5.92 Å². The molecule has 0 saturated carbocycles. The van der Waals surface area contributed by atoms with Crippen LogP contribution >= 0.6 is 0 Å². The third-order valence-electron chi connectivity index (χ3n) is 5.38. The second-order valence-corrected chi connectivity index (χ2v) is 7.49. The van der Waals surface area contributed by atoms with Crippen molar-refractivity contribution < 1.29 is 14.3 Å². The van der Waals surface area contributed by atoms with Crippen LogP contribution in [0.1, 0.15) is 25.8 Å². The lowest BCUT2D eigenvalue weighted by atomic mass is 10.1. The van der Waals surface area contributed by atoms with Gasteiger partial charge in [-0.2, -0.15) is 0 Å². The number of piperazine rings is 1. The lowest BCUT2D eigenvalue weighted by molar-refractivity contribution is -0.137. The molecule has 26 heavy (non-hydrogen) atoms. The van der Waals surface area contributed by atoms with E-state index in [2.05, 4.69) is 17.0 Å². The average molecular weight is 359 g/mol. The van der Waals surface area contributed by atoms with Gasteiger partial charge < -0.3 is 14.5 Å². The first-order chi connectivity index (χ1) is 12.5. The van der Waals surface area contributed by atoms with Gasteiger partial charge in [0.1, 0.15) is 5.75 Å². The van der Waals surface area contributed by atoms with Gasteiger partial charge in [-0.25, -0.2) is 0 Å². The van der Waals surface area contributed by atoms with E-state index in [9.17, 15) is 9.59 Å². The molecule has 142 valence electrons. The van der Waals surface area contributed by atoms with Crippen LogP contribution in [0, 0.1) is 5.92 Å². The predicted octanol–water partition coefficient (Wildman–Crippen LogP) is 1.60. The van der Waals surface area contributed by atoms with Crippen molar-refractivity contribution in [3.8, 4) is 5.75 Å². The van der Waals surface area contributed by atoms with Crippen molar-refractivity contribution in [2.75, 3.05) is 39.8 Å². The fraction of sp³-hybridized carbons (Fsp3) is 0.600. The molecule has 1 aromatic rings. The van der Waals surface area contributed by atoms with Crippen molar-refractivity contribution in [1.82, 2.24) is 14.7 Å². The minimum Gasteiger partial charge on any atom is -0.497 e. The van der Waals surface area contributed by atoms with Crippen LogP contribution in [-0.2, 0) is 16.1 Å². The number of hydrogen-bond acceptors (Lipinski definition) is 4. The minimum absolute atomic E-state index is 0.108. The largest absolute Gasteiger partial charge is 0.497 e. The van der Waals surface area contributed by atoms with Crippen molar-refractivity contribution in [3.63, 3.8) is 0 Å². The van der Waals surface area contributed by atoms with E-state index in [4.69, 9.17) is 4.74 Å². The highest BCUT2D eigenvalue weighted by atomic mass is 16.5. The molecule has 2 saturated heterocycles. The minimum atomic E-state index is -0.168. The molecule has 1 aromatic carbocycles. The van der Waals surface area contributed by atoms with Gasteiger partial charge in [0.25, 0.3) is 0 Å². The molecular weight excluding hydrogens is 330 g/mol. The lowest BCUT2D eigenvalue weighted by Gasteiger charge is -2.36. The average Bonchev–Trinajstić information content (AvgIpc) is 3.04. The Morgan fingerprint density at radius 1 is 1.15 bits per heavy atom. The topological polar surface area (TPSA) is 53.1 Å². The van der Waals surface area contributed by atoms with Crippen LogP contribution in [0.2, 0.25) is 0 Å². The normalized spacial score (nSPS) is 21.5. The zero-order chi connectivity index (χ0) is 18.7. The Balaban J connectivity index is 1.48. The highest BCUT2D eigenvalue weighted by Gasteiger charge is 2.38. The number of hydrogen-bond donors (Lipinski definition) is 0. The molecule has 3 rings (SSSR count). The molecule has 0 bridgehead atoms. The SMILES string of the molecule is COc1ccc(CN2CCN(C(=O)[C@H]3CC(=O)N(C(C)C)C3)CC2)cc1. The number of rotatable bonds is 5. The lowest BCUT2D eigenvalue weighted by Crippen LogP contribution is -2.50. The third kappa shape index (κ3) is 4.18. The van der Waals surface area contributed by atoms with Crippen molar-refractivity contribution >= 4 is 11.8 Å². The van der Waals surface area contributed by atoms with E-state index in [0.29, 0.717) is 13.0 Å². The molecule has 0 aromatic heterocycles. The van der Waals surface area contributed by atoms with Gasteiger partial charge in [0.2, 0.25) is 11.8 Å². The van der Waals surface area contributed by atoms with Crippen LogP contribution in [0.4, 0.5) is 0 Å². The van der Waals surface area contributed by atoms with Gasteiger partial charge in [-0.1, -0.05) is 12.1 Å². The fourth-order valence-corrected chi connectivity index (χ4v) is 3.77. The molecule has 2 aliphatic heterocycles. The van der Waals surface area contributed by atoms with Crippen molar-refractivity contribution in [3.05, 3.63) is 29.8 Å². The summed E-state index contributed by atoms with van der Waals surface area (Å²) in [6.45, 7) is 8.67. The molecule has 2 fully saturated rings. The van der Waals surface area contributed by atoms with Gasteiger partial charge in [0.15, 0.2) is 0 Å². The van der Waals surface area contributed by atoms with Crippen LogP contribution < -0.4 is 4.74 Å². The van der Waals surface area contributed by atoms with Crippen molar-refractivity contribution in [1.29, 1.82) is 0 Å². The number of nitrogens with zero attached hydrogens (tertiary/aromatic N) is 3. The highest BCUT2D eigenvalue weighted by molar-refractivity contribution is 5.89. The first-order valence-electron chi connectivity index (χ1n) is 9.41. The number of amides is 2.